The Hall–Kier alpha value is -1.62. The molecule has 0 aliphatic heterocycles. The highest BCUT2D eigenvalue weighted by Gasteiger charge is 2.15. The fraction of sp³-hybridized carbons (Fsp3) is 0.538. The van der Waals surface area contributed by atoms with Crippen molar-refractivity contribution in [2.45, 2.75) is 19.4 Å². The van der Waals surface area contributed by atoms with E-state index in [0.29, 0.717) is 23.8 Å². The van der Waals surface area contributed by atoms with E-state index in [1.165, 1.54) is 0 Å². The maximum Gasteiger partial charge on any atom is 0.164 e. The monoisotopic (exact) mass is 254 g/mol. The highest BCUT2D eigenvalue weighted by Crippen LogP contribution is 2.37. The van der Waals surface area contributed by atoms with Crippen LogP contribution in [0.15, 0.2) is 12.1 Å². The maximum absolute atomic E-state index is 5.94. The molecule has 0 aliphatic carbocycles. The third-order valence-electron chi connectivity index (χ3n) is 2.44. The summed E-state index contributed by atoms with van der Waals surface area (Å²) in [7, 11) is 4.80. The predicted octanol–water partition coefficient (Wildman–Crippen LogP) is 1.86. The van der Waals surface area contributed by atoms with E-state index in [1.807, 2.05) is 19.9 Å². The lowest BCUT2D eigenvalue weighted by atomic mass is 10.1. The van der Waals surface area contributed by atoms with Crippen LogP contribution < -0.4 is 25.3 Å². The highest BCUT2D eigenvalue weighted by molar-refractivity contribution is 5.64. The van der Waals surface area contributed by atoms with Gasteiger partial charge in [0.25, 0.3) is 0 Å². The molecule has 1 aromatic rings. The molecule has 0 aromatic heterocycles. The summed E-state index contributed by atoms with van der Waals surface area (Å²) in [5, 5.41) is 3.24. The average molecular weight is 254 g/mol. The zero-order chi connectivity index (χ0) is 13.8. The van der Waals surface area contributed by atoms with Crippen LogP contribution in [-0.2, 0) is 0 Å². The molecule has 0 fully saturated rings. The Balaban J connectivity index is 3.02. The number of hydrogen-bond acceptors (Lipinski definition) is 5. The van der Waals surface area contributed by atoms with E-state index in [1.54, 1.807) is 27.4 Å². The van der Waals surface area contributed by atoms with Crippen molar-refractivity contribution in [3.63, 3.8) is 0 Å². The summed E-state index contributed by atoms with van der Waals surface area (Å²) in [5.74, 6) is 1.97. The highest BCUT2D eigenvalue weighted by atomic mass is 16.5. The predicted molar refractivity (Wildman–Crippen MR) is 72.9 cm³/mol. The van der Waals surface area contributed by atoms with Crippen molar-refractivity contribution in [2.24, 2.45) is 5.73 Å². The topological polar surface area (TPSA) is 65.7 Å². The van der Waals surface area contributed by atoms with Gasteiger partial charge in [0.1, 0.15) is 5.75 Å². The Morgan fingerprint density at radius 2 is 1.50 bits per heavy atom. The minimum atomic E-state index is -0.307. The second-order valence-electron chi connectivity index (χ2n) is 4.75. The van der Waals surface area contributed by atoms with E-state index in [-0.39, 0.29) is 5.54 Å². The van der Waals surface area contributed by atoms with Crippen molar-refractivity contribution in [3.05, 3.63) is 12.1 Å². The second kappa shape index (κ2) is 5.82. The summed E-state index contributed by atoms with van der Waals surface area (Å²) in [4.78, 5) is 0. The van der Waals surface area contributed by atoms with Crippen LogP contribution in [0.3, 0.4) is 0 Å². The first-order valence-electron chi connectivity index (χ1n) is 5.74. The molecular weight excluding hydrogens is 232 g/mol. The minimum Gasteiger partial charge on any atom is -0.494 e. The molecule has 0 spiro atoms. The fourth-order valence-electron chi connectivity index (χ4n) is 1.49. The minimum absolute atomic E-state index is 0.307. The molecule has 0 amide bonds. The number of anilines is 1. The fourth-order valence-corrected chi connectivity index (χ4v) is 1.49. The van der Waals surface area contributed by atoms with Gasteiger partial charge in [0.15, 0.2) is 11.5 Å². The molecule has 0 unspecified atom stereocenters. The van der Waals surface area contributed by atoms with E-state index in [9.17, 15) is 0 Å². The molecule has 3 N–H and O–H groups in total. The zero-order valence-electron chi connectivity index (χ0n) is 11.7. The van der Waals surface area contributed by atoms with Gasteiger partial charge in [-0.25, -0.2) is 0 Å². The molecule has 0 aliphatic rings. The summed E-state index contributed by atoms with van der Waals surface area (Å²) >= 11 is 0. The lowest BCUT2D eigenvalue weighted by Crippen LogP contribution is -2.39. The Morgan fingerprint density at radius 1 is 1.00 bits per heavy atom. The average Bonchev–Trinajstić information content (AvgIpc) is 2.34. The molecule has 1 rings (SSSR count). The summed E-state index contributed by atoms with van der Waals surface area (Å²) in [6, 6.07) is 3.62. The first-order valence-corrected chi connectivity index (χ1v) is 5.74. The lowest BCUT2D eigenvalue weighted by molar-refractivity contribution is 0.349. The van der Waals surface area contributed by atoms with Gasteiger partial charge in [0, 0.05) is 24.2 Å². The number of ether oxygens (including phenoxy) is 3. The molecule has 0 saturated heterocycles. The third kappa shape index (κ3) is 3.70. The van der Waals surface area contributed by atoms with Gasteiger partial charge >= 0.3 is 0 Å². The van der Waals surface area contributed by atoms with Crippen LogP contribution in [0.25, 0.3) is 0 Å². The van der Waals surface area contributed by atoms with Crippen molar-refractivity contribution < 1.29 is 14.2 Å². The number of benzene rings is 1. The molecule has 0 radical (unpaired) electrons. The Morgan fingerprint density at radius 3 is 1.94 bits per heavy atom. The quantitative estimate of drug-likeness (QED) is 0.811. The van der Waals surface area contributed by atoms with E-state index >= 15 is 0 Å². The van der Waals surface area contributed by atoms with Gasteiger partial charge in [-0.3, -0.25) is 0 Å². The molecule has 5 nitrogen and oxygen atoms in total. The molecule has 0 heterocycles. The van der Waals surface area contributed by atoms with Crippen LogP contribution in [0.4, 0.5) is 5.69 Å². The third-order valence-corrected chi connectivity index (χ3v) is 2.44. The van der Waals surface area contributed by atoms with Crippen molar-refractivity contribution >= 4 is 5.69 Å². The standard InChI is InChI=1S/C13H22N2O3/c1-13(2,14)8-15-9-6-11(17-4)12(18-5)7-10(9)16-3/h6-7,15H,8,14H2,1-5H3. The van der Waals surface area contributed by atoms with Crippen LogP contribution in [0, 0.1) is 0 Å². The first kappa shape index (κ1) is 14.4. The number of methoxy groups -OCH3 is 3. The van der Waals surface area contributed by atoms with Gasteiger partial charge in [0.05, 0.1) is 27.0 Å². The van der Waals surface area contributed by atoms with Crippen LogP contribution in [0.2, 0.25) is 0 Å². The van der Waals surface area contributed by atoms with Crippen molar-refractivity contribution in [1.29, 1.82) is 0 Å². The number of rotatable bonds is 6. The summed E-state index contributed by atoms with van der Waals surface area (Å²) < 4.78 is 15.8. The van der Waals surface area contributed by atoms with E-state index in [2.05, 4.69) is 5.32 Å². The second-order valence-corrected chi connectivity index (χ2v) is 4.75. The SMILES string of the molecule is COc1cc(OC)c(OC)cc1NCC(C)(C)N. The van der Waals surface area contributed by atoms with Crippen LogP contribution in [0.1, 0.15) is 13.8 Å². The molecule has 1 aromatic carbocycles. The number of hydrogen-bond donors (Lipinski definition) is 2. The first-order chi connectivity index (χ1) is 8.41. The maximum atomic E-state index is 5.94. The van der Waals surface area contributed by atoms with Gasteiger partial charge in [-0.2, -0.15) is 0 Å². The molecule has 0 bridgehead atoms. The lowest BCUT2D eigenvalue weighted by Gasteiger charge is -2.21. The zero-order valence-corrected chi connectivity index (χ0v) is 11.7. The summed E-state index contributed by atoms with van der Waals surface area (Å²) in [6.07, 6.45) is 0. The Kier molecular flexibility index (Phi) is 4.67. The number of nitrogens with one attached hydrogen (secondary N) is 1. The van der Waals surface area contributed by atoms with Gasteiger partial charge in [-0.05, 0) is 13.8 Å². The number of nitrogens with two attached hydrogens (primary N) is 1. The van der Waals surface area contributed by atoms with Crippen LogP contribution >= 0.6 is 0 Å². The Labute approximate surface area is 108 Å². The van der Waals surface area contributed by atoms with Crippen molar-refractivity contribution in [3.8, 4) is 17.2 Å². The normalized spacial score (nSPS) is 11.0. The van der Waals surface area contributed by atoms with Crippen LogP contribution in [-0.4, -0.2) is 33.4 Å². The van der Waals surface area contributed by atoms with Gasteiger partial charge in [0.2, 0.25) is 0 Å². The van der Waals surface area contributed by atoms with Gasteiger partial charge < -0.3 is 25.3 Å². The Bertz CT molecular complexity index is 400. The van der Waals surface area contributed by atoms with Gasteiger partial charge in [-0.1, -0.05) is 0 Å². The molecule has 0 atom stereocenters. The molecule has 18 heavy (non-hydrogen) atoms. The largest absolute Gasteiger partial charge is 0.494 e. The molecule has 102 valence electrons. The van der Waals surface area contributed by atoms with Crippen LogP contribution in [0.5, 0.6) is 17.2 Å². The molecule has 0 saturated carbocycles. The van der Waals surface area contributed by atoms with E-state index in [0.717, 1.165) is 5.69 Å². The van der Waals surface area contributed by atoms with Gasteiger partial charge in [-0.15, -0.1) is 0 Å². The van der Waals surface area contributed by atoms with E-state index in [4.69, 9.17) is 19.9 Å². The summed E-state index contributed by atoms with van der Waals surface area (Å²) in [5.41, 5.74) is 6.46. The molecule has 5 heteroatoms. The van der Waals surface area contributed by atoms with Crippen molar-refractivity contribution in [1.82, 2.24) is 0 Å². The smallest absolute Gasteiger partial charge is 0.164 e. The van der Waals surface area contributed by atoms with Crippen molar-refractivity contribution in [2.75, 3.05) is 33.2 Å². The molecular formula is C13H22N2O3. The summed E-state index contributed by atoms with van der Waals surface area (Å²) in [6.45, 7) is 4.53. The van der Waals surface area contributed by atoms with E-state index < -0.39 is 0 Å².